The lowest BCUT2D eigenvalue weighted by Crippen LogP contribution is -2.37. The first-order chi connectivity index (χ1) is 13.1. The molecule has 6 nitrogen and oxygen atoms in total. The van der Waals surface area contributed by atoms with Gasteiger partial charge in [0, 0.05) is 6.54 Å². The van der Waals surface area contributed by atoms with Crippen molar-refractivity contribution in [1.29, 1.82) is 0 Å². The predicted molar refractivity (Wildman–Crippen MR) is 96.3 cm³/mol. The van der Waals surface area contributed by atoms with E-state index in [-0.39, 0.29) is 6.54 Å². The minimum atomic E-state index is -4.67. The first kappa shape index (κ1) is 21.7. The summed E-state index contributed by atoms with van der Waals surface area (Å²) in [5, 5.41) is 2.54. The molecule has 0 unspecified atom stereocenters. The summed E-state index contributed by atoms with van der Waals surface area (Å²) in [6.45, 7) is -0.352. The first-order valence-electron chi connectivity index (χ1n) is 8.19. The van der Waals surface area contributed by atoms with Crippen molar-refractivity contribution in [3.05, 3.63) is 59.7 Å². The maximum atomic E-state index is 12.7. The van der Waals surface area contributed by atoms with E-state index in [1.807, 2.05) is 22.9 Å². The number of benzene rings is 2. The highest BCUT2D eigenvalue weighted by Crippen LogP contribution is 2.30. The van der Waals surface area contributed by atoms with Crippen LogP contribution in [0.25, 0.3) is 0 Å². The van der Waals surface area contributed by atoms with E-state index in [9.17, 15) is 26.4 Å². The van der Waals surface area contributed by atoms with Crippen molar-refractivity contribution in [2.24, 2.45) is 0 Å². The molecule has 0 atom stereocenters. The van der Waals surface area contributed by atoms with Crippen LogP contribution >= 0.6 is 0 Å². The smallest absolute Gasteiger partial charge is 0.416 e. The number of para-hydroxylation sites is 1. The van der Waals surface area contributed by atoms with E-state index in [2.05, 4.69) is 5.32 Å². The highest BCUT2D eigenvalue weighted by Gasteiger charge is 2.31. The molecule has 0 saturated carbocycles. The van der Waals surface area contributed by atoms with Gasteiger partial charge in [0.1, 0.15) is 5.75 Å². The van der Waals surface area contributed by atoms with Crippen molar-refractivity contribution in [1.82, 2.24) is 10.0 Å². The number of amides is 1. The zero-order valence-corrected chi connectivity index (χ0v) is 15.7. The summed E-state index contributed by atoms with van der Waals surface area (Å²) in [6.07, 6.45) is -4.20. The van der Waals surface area contributed by atoms with Crippen LogP contribution in [0.4, 0.5) is 13.2 Å². The van der Waals surface area contributed by atoms with Gasteiger partial charge < -0.3 is 10.1 Å². The summed E-state index contributed by atoms with van der Waals surface area (Å²) in [5.41, 5.74) is -0.216. The molecular formula is C18H19F3N2O4S. The Morgan fingerprint density at radius 2 is 1.82 bits per heavy atom. The van der Waals surface area contributed by atoms with Crippen molar-refractivity contribution in [3.63, 3.8) is 0 Å². The van der Waals surface area contributed by atoms with Crippen molar-refractivity contribution in [2.45, 2.75) is 17.5 Å². The molecule has 0 aromatic heterocycles. The molecule has 0 heterocycles. The van der Waals surface area contributed by atoms with Gasteiger partial charge >= 0.3 is 6.18 Å². The third-order valence-electron chi connectivity index (χ3n) is 3.80. The van der Waals surface area contributed by atoms with Gasteiger partial charge in [-0.3, -0.25) is 4.79 Å². The molecule has 2 aromatic rings. The van der Waals surface area contributed by atoms with E-state index in [0.717, 1.165) is 23.8 Å². The monoisotopic (exact) mass is 416 g/mol. The van der Waals surface area contributed by atoms with Crippen LogP contribution in [0.15, 0.2) is 53.4 Å². The van der Waals surface area contributed by atoms with Crippen LogP contribution in [-0.2, 0) is 27.4 Å². The minimum Gasteiger partial charge on any atom is -0.496 e. The lowest BCUT2D eigenvalue weighted by atomic mass is 10.1. The van der Waals surface area contributed by atoms with Gasteiger partial charge in [-0.2, -0.15) is 13.2 Å². The largest absolute Gasteiger partial charge is 0.496 e. The third kappa shape index (κ3) is 5.96. The molecule has 0 fully saturated rings. The summed E-state index contributed by atoms with van der Waals surface area (Å²) in [7, 11) is -2.73. The summed E-state index contributed by atoms with van der Waals surface area (Å²) < 4.78 is 69.6. The Kier molecular flexibility index (Phi) is 7.03. The standard InChI is InChI=1S/C18H19F3N2O4S/c1-27-16-8-3-2-5-13(16)9-10-22-17(24)12-23-28(25,26)15-7-4-6-14(11-15)18(19,20)21/h2-8,11,23H,9-10,12H2,1H3,(H,22,24). The van der Waals surface area contributed by atoms with Gasteiger partial charge in [-0.25, -0.2) is 13.1 Å². The number of methoxy groups -OCH3 is 1. The van der Waals surface area contributed by atoms with E-state index >= 15 is 0 Å². The lowest BCUT2D eigenvalue weighted by Gasteiger charge is -2.11. The Hall–Kier alpha value is -2.59. The van der Waals surface area contributed by atoms with Gasteiger partial charge in [-0.15, -0.1) is 0 Å². The Balaban J connectivity index is 1.89. The second-order valence-electron chi connectivity index (χ2n) is 5.76. The van der Waals surface area contributed by atoms with Crippen LogP contribution < -0.4 is 14.8 Å². The molecule has 1 amide bonds. The summed E-state index contributed by atoms with van der Waals surface area (Å²) in [5.74, 6) is 0.0625. The summed E-state index contributed by atoms with van der Waals surface area (Å²) in [6, 6.07) is 10.5. The number of nitrogens with one attached hydrogen (secondary N) is 2. The van der Waals surface area contributed by atoms with Crippen molar-refractivity contribution < 1.29 is 31.1 Å². The molecule has 0 radical (unpaired) electrons. The van der Waals surface area contributed by atoms with Gasteiger partial charge in [-0.1, -0.05) is 24.3 Å². The van der Waals surface area contributed by atoms with Gasteiger partial charge in [0.15, 0.2) is 0 Å². The van der Waals surface area contributed by atoms with Gasteiger partial charge in [0.2, 0.25) is 15.9 Å². The van der Waals surface area contributed by atoms with Gasteiger partial charge in [0.25, 0.3) is 0 Å². The number of hydrogen-bond acceptors (Lipinski definition) is 4. The quantitative estimate of drug-likeness (QED) is 0.692. The third-order valence-corrected chi connectivity index (χ3v) is 5.20. The molecule has 0 aliphatic rings. The number of carbonyl (C=O) groups is 1. The average molecular weight is 416 g/mol. The fourth-order valence-electron chi connectivity index (χ4n) is 2.39. The van der Waals surface area contributed by atoms with Crippen LogP contribution in [0, 0.1) is 0 Å². The number of rotatable bonds is 8. The molecule has 2 rings (SSSR count). The van der Waals surface area contributed by atoms with E-state index in [1.54, 1.807) is 6.07 Å². The number of hydrogen-bond donors (Lipinski definition) is 2. The van der Waals surface area contributed by atoms with Crippen molar-refractivity contribution >= 4 is 15.9 Å². The number of halogens is 3. The number of alkyl halides is 3. The first-order valence-corrected chi connectivity index (χ1v) is 9.67. The minimum absolute atomic E-state index is 0.241. The molecule has 28 heavy (non-hydrogen) atoms. The van der Waals surface area contributed by atoms with Crippen molar-refractivity contribution in [2.75, 3.05) is 20.2 Å². The molecule has 0 saturated heterocycles. The fourth-order valence-corrected chi connectivity index (χ4v) is 3.42. The topological polar surface area (TPSA) is 84.5 Å². The highest BCUT2D eigenvalue weighted by molar-refractivity contribution is 7.89. The van der Waals surface area contributed by atoms with Gasteiger partial charge in [0.05, 0.1) is 24.1 Å². The van der Waals surface area contributed by atoms with Crippen LogP contribution in [0.3, 0.4) is 0 Å². The predicted octanol–water partition coefficient (Wildman–Crippen LogP) is 2.35. The molecule has 152 valence electrons. The zero-order valence-electron chi connectivity index (χ0n) is 14.9. The summed E-state index contributed by atoms with van der Waals surface area (Å²) in [4.78, 5) is 11.3. The Morgan fingerprint density at radius 3 is 2.50 bits per heavy atom. The zero-order chi connectivity index (χ0) is 20.8. The second-order valence-corrected chi connectivity index (χ2v) is 7.53. The van der Waals surface area contributed by atoms with Crippen molar-refractivity contribution in [3.8, 4) is 5.75 Å². The lowest BCUT2D eigenvalue weighted by molar-refractivity contribution is -0.137. The van der Waals surface area contributed by atoms with Crippen LogP contribution in [0.1, 0.15) is 11.1 Å². The summed E-state index contributed by atoms with van der Waals surface area (Å²) >= 11 is 0. The average Bonchev–Trinajstić information content (AvgIpc) is 2.66. The maximum absolute atomic E-state index is 12.7. The molecular weight excluding hydrogens is 397 g/mol. The second kappa shape index (κ2) is 9.07. The van der Waals surface area contributed by atoms with E-state index in [1.165, 1.54) is 7.11 Å². The van der Waals surface area contributed by atoms with Gasteiger partial charge in [-0.05, 0) is 36.2 Å². The SMILES string of the molecule is COc1ccccc1CCNC(=O)CNS(=O)(=O)c1cccc(C(F)(F)F)c1. The van der Waals surface area contributed by atoms with Crippen LogP contribution in [0.5, 0.6) is 5.75 Å². The molecule has 2 aromatic carbocycles. The number of carbonyl (C=O) groups excluding carboxylic acids is 1. The van der Waals surface area contributed by atoms with E-state index < -0.39 is 39.1 Å². The number of ether oxygens (including phenoxy) is 1. The van der Waals surface area contributed by atoms with E-state index in [0.29, 0.717) is 18.2 Å². The normalized spacial score (nSPS) is 11.9. The molecule has 10 heteroatoms. The highest BCUT2D eigenvalue weighted by atomic mass is 32.2. The molecule has 0 bridgehead atoms. The number of sulfonamides is 1. The van der Waals surface area contributed by atoms with E-state index in [4.69, 9.17) is 4.74 Å². The molecule has 0 aliphatic carbocycles. The van der Waals surface area contributed by atoms with Crippen LogP contribution in [-0.4, -0.2) is 34.5 Å². The Bertz CT molecular complexity index is 930. The Morgan fingerprint density at radius 1 is 1.11 bits per heavy atom. The Labute approximate surface area is 160 Å². The fraction of sp³-hybridized carbons (Fsp3) is 0.278. The molecule has 0 spiro atoms. The molecule has 0 aliphatic heterocycles. The van der Waals surface area contributed by atoms with Crippen LogP contribution in [0.2, 0.25) is 0 Å². The molecule has 2 N–H and O–H groups in total. The maximum Gasteiger partial charge on any atom is 0.416 e.